The van der Waals surface area contributed by atoms with Gasteiger partial charge >= 0.3 is 0 Å². The molecule has 0 aromatic heterocycles. The van der Waals surface area contributed by atoms with E-state index in [-0.39, 0.29) is 24.4 Å². The standard InChI is InChI=1S/C17H15ClN4O4/c18-14-6-1-2-7-15(14)20-16(23)8-9-17(24)21-19-11-12-4-3-5-13(10-12)22(25)26/h1-7,10-11H,8-9H2,(H,20,23)(H,21,24)/b19-11+. The Morgan fingerprint density at radius 3 is 2.58 bits per heavy atom. The Morgan fingerprint density at radius 1 is 1.12 bits per heavy atom. The topological polar surface area (TPSA) is 114 Å². The van der Waals surface area contributed by atoms with Crippen LogP contribution in [0.1, 0.15) is 18.4 Å². The summed E-state index contributed by atoms with van der Waals surface area (Å²) in [5.74, 6) is -0.808. The number of amides is 2. The molecule has 0 atom stereocenters. The zero-order chi connectivity index (χ0) is 18.9. The van der Waals surface area contributed by atoms with E-state index >= 15 is 0 Å². The summed E-state index contributed by atoms with van der Waals surface area (Å²) in [6.45, 7) is 0. The van der Waals surface area contributed by atoms with Crippen LogP contribution in [0.2, 0.25) is 5.02 Å². The highest BCUT2D eigenvalue weighted by atomic mass is 35.5. The van der Waals surface area contributed by atoms with Gasteiger partial charge in [-0.2, -0.15) is 5.10 Å². The highest BCUT2D eigenvalue weighted by molar-refractivity contribution is 6.33. The van der Waals surface area contributed by atoms with Crippen molar-refractivity contribution in [1.82, 2.24) is 5.43 Å². The Labute approximate surface area is 154 Å². The predicted octanol–water partition coefficient (Wildman–Crippen LogP) is 3.12. The number of non-ortho nitro benzene ring substituents is 1. The Balaban J connectivity index is 1.78. The van der Waals surface area contributed by atoms with Gasteiger partial charge in [0.15, 0.2) is 0 Å². The van der Waals surface area contributed by atoms with Crippen molar-refractivity contribution in [3.8, 4) is 0 Å². The highest BCUT2D eigenvalue weighted by Crippen LogP contribution is 2.20. The van der Waals surface area contributed by atoms with Gasteiger partial charge in [-0.1, -0.05) is 35.9 Å². The number of hydrazone groups is 1. The van der Waals surface area contributed by atoms with Crippen LogP contribution in [0.5, 0.6) is 0 Å². The number of benzene rings is 2. The molecule has 0 fully saturated rings. The van der Waals surface area contributed by atoms with E-state index in [1.165, 1.54) is 24.4 Å². The molecule has 0 bridgehead atoms. The number of hydrogen-bond donors (Lipinski definition) is 2. The first-order valence-corrected chi connectivity index (χ1v) is 7.94. The van der Waals surface area contributed by atoms with Crippen LogP contribution in [0, 0.1) is 10.1 Å². The van der Waals surface area contributed by atoms with E-state index in [4.69, 9.17) is 11.6 Å². The van der Waals surface area contributed by atoms with Gasteiger partial charge < -0.3 is 5.32 Å². The summed E-state index contributed by atoms with van der Waals surface area (Å²) in [6, 6.07) is 12.6. The van der Waals surface area contributed by atoms with Crippen LogP contribution in [0.4, 0.5) is 11.4 Å². The maximum atomic E-state index is 11.8. The molecule has 0 unspecified atom stereocenters. The van der Waals surface area contributed by atoms with E-state index in [2.05, 4.69) is 15.8 Å². The van der Waals surface area contributed by atoms with Gasteiger partial charge in [-0.25, -0.2) is 5.43 Å². The Morgan fingerprint density at radius 2 is 1.85 bits per heavy atom. The summed E-state index contributed by atoms with van der Waals surface area (Å²) < 4.78 is 0. The molecular weight excluding hydrogens is 360 g/mol. The minimum atomic E-state index is -0.520. The van der Waals surface area contributed by atoms with Gasteiger partial charge in [0.2, 0.25) is 11.8 Å². The maximum Gasteiger partial charge on any atom is 0.270 e. The molecule has 2 aromatic carbocycles. The summed E-state index contributed by atoms with van der Waals surface area (Å²) in [7, 11) is 0. The fourth-order valence-corrected chi connectivity index (χ4v) is 2.14. The zero-order valence-electron chi connectivity index (χ0n) is 13.5. The summed E-state index contributed by atoms with van der Waals surface area (Å²) in [4.78, 5) is 33.7. The number of nitro benzene ring substituents is 1. The van der Waals surface area contributed by atoms with E-state index in [1.54, 1.807) is 30.3 Å². The van der Waals surface area contributed by atoms with Crippen molar-refractivity contribution in [2.75, 3.05) is 5.32 Å². The van der Waals surface area contributed by atoms with Crippen LogP contribution in [-0.2, 0) is 9.59 Å². The Hall–Kier alpha value is -3.26. The van der Waals surface area contributed by atoms with E-state index in [0.29, 0.717) is 16.3 Å². The van der Waals surface area contributed by atoms with Gasteiger partial charge in [-0.05, 0) is 12.1 Å². The van der Waals surface area contributed by atoms with E-state index in [9.17, 15) is 19.7 Å². The number of halogens is 1. The van der Waals surface area contributed by atoms with Crippen molar-refractivity contribution >= 4 is 41.0 Å². The van der Waals surface area contributed by atoms with Crippen molar-refractivity contribution in [2.45, 2.75) is 12.8 Å². The third-order valence-electron chi connectivity index (χ3n) is 3.21. The molecule has 0 aliphatic carbocycles. The molecule has 0 aliphatic heterocycles. The van der Waals surface area contributed by atoms with Crippen molar-refractivity contribution in [3.05, 3.63) is 69.2 Å². The lowest BCUT2D eigenvalue weighted by atomic mass is 10.2. The number of nitrogens with one attached hydrogen (secondary N) is 2. The van der Waals surface area contributed by atoms with Gasteiger partial charge in [0.1, 0.15) is 0 Å². The summed E-state index contributed by atoms with van der Waals surface area (Å²) >= 11 is 5.93. The smallest absolute Gasteiger partial charge is 0.270 e. The first-order chi connectivity index (χ1) is 12.5. The number of hydrogen-bond acceptors (Lipinski definition) is 5. The maximum absolute atomic E-state index is 11.8. The second kappa shape index (κ2) is 9.28. The summed E-state index contributed by atoms with van der Waals surface area (Å²) in [5.41, 5.74) is 3.14. The van der Waals surface area contributed by atoms with E-state index in [1.807, 2.05) is 0 Å². The van der Waals surface area contributed by atoms with Crippen molar-refractivity contribution in [1.29, 1.82) is 0 Å². The van der Waals surface area contributed by atoms with Crippen LogP contribution < -0.4 is 10.7 Å². The molecule has 26 heavy (non-hydrogen) atoms. The largest absolute Gasteiger partial charge is 0.325 e. The van der Waals surface area contributed by atoms with Crippen molar-refractivity contribution < 1.29 is 14.5 Å². The van der Waals surface area contributed by atoms with Crippen LogP contribution in [0.25, 0.3) is 0 Å². The molecule has 0 radical (unpaired) electrons. The van der Waals surface area contributed by atoms with Gasteiger partial charge in [0.05, 0.1) is 21.8 Å². The minimum absolute atomic E-state index is 0.0383. The quantitative estimate of drug-likeness (QED) is 0.440. The Bertz CT molecular complexity index is 854. The Kier molecular flexibility index (Phi) is 6.81. The third kappa shape index (κ3) is 5.99. The van der Waals surface area contributed by atoms with Gasteiger partial charge in [0, 0.05) is 30.5 Å². The highest BCUT2D eigenvalue weighted by Gasteiger charge is 2.08. The average Bonchev–Trinajstić information content (AvgIpc) is 2.62. The van der Waals surface area contributed by atoms with Crippen molar-refractivity contribution in [3.63, 3.8) is 0 Å². The fourth-order valence-electron chi connectivity index (χ4n) is 1.96. The first-order valence-electron chi connectivity index (χ1n) is 7.56. The molecule has 134 valence electrons. The molecule has 2 amide bonds. The van der Waals surface area contributed by atoms with Gasteiger partial charge in [-0.15, -0.1) is 0 Å². The number of nitro groups is 1. The molecule has 0 heterocycles. The number of anilines is 1. The molecule has 9 heteroatoms. The number of para-hydroxylation sites is 1. The third-order valence-corrected chi connectivity index (χ3v) is 3.54. The number of carbonyl (C=O) groups is 2. The second-order valence-electron chi connectivity index (χ2n) is 5.17. The van der Waals surface area contributed by atoms with E-state index < -0.39 is 10.8 Å². The van der Waals surface area contributed by atoms with Crippen LogP contribution in [-0.4, -0.2) is 23.0 Å². The zero-order valence-corrected chi connectivity index (χ0v) is 14.3. The lowest BCUT2D eigenvalue weighted by Gasteiger charge is -2.06. The molecule has 2 N–H and O–H groups in total. The molecule has 2 rings (SSSR count). The molecule has 8 nitrogen and oxygen atoms in total. The minimum Gasteiger partial charge on any atom is -0.325 e. The number of nitrogens with zero attached hydrogens (tertiary/aromatic N) is 2. The van der Waals surface area contributed by atoms with Gasteiger partial charge in [0.25, 0.3) is 5.69 Å². The van der Waals surface area contributed by atoms with Crippen LogP contribution >= 0.6 is 11.6 Å². The molecule has 0 spiro atoms. The molecule has 0 saturated heterocycles. The predicted molar refractivity (Wildman–Crippen MR) is 98.1 cm³/mol. The van der Waals surface area contributed by atoms with Crippen molar-refractivity contribution in [2.24, 2.45) is 5.10 Å². The van der Waals surface area contributed by atoms with Crippen LogP contribution in [0.3, 0.4) is 0 Å². The first kappa shape index (κ1) is 19.1. The lowest BCUT2D eigenvalue weighted by Crippen LogP contribution is -2.20. The lowest BCUT2D eigenvalue weighted by molar-refractivity contribution is -0.384. The molecule has 0 aliphatic rings. The summed E-state index contributed by atoms with van der Waals surface area (Å²) in [6.07, 6.45) is 1.18. The average molecular weight is 375 g/mol. The number of carbonyl (C=O) groups excluding carboxylic acids is 2. The summed E-state index contributed by atoms with van der Waals surface area (Å²) in [5, 5.41) is 17.4. The number of rotatable bonds is 7. The van der Waals surface area contributed by atoms with E-state index in [0.717, 1.165) is 0 Å². The van der Waals surface area contributed by atoms with Gasteiger partial charge in [-0.3, -0.25) is 19.7 Å². The fraction of sp³-hybridized carbons (Fsp3) is 0.118. The molecule has 2 aromatic rings. The second-order valence-corrected chi connectivity index (χ2v) is 5.58. The SMILES string of the molecule is O=C(CCC(=O)Nc1ccccc1Cl)N/N=C/c1cccc([N+](=O)[O-])c1. The normalized spacial score (nSPS) is 10.5. The monoisotopic (exact) mass is 374 g/mol. The van der Waals surface area contributed by atoms with Crippen LogP contribution in [0.15, 0.2) is 53.6 Å². The molecule has 0 saturated carbocycles. The molecular formula is C17H15ClN4O4.